The third-order valence-electron chi connectivity index (χ3n) is 5.59. The van der Waals surface area contributed by atoms with Gasteiger partial charge in [0.2, 0.25) is 5.91 Å². The van der Waals surface area contributed by atoms with E-state index in [0.29, 0.717) is 33.4 Å². The number of amides is 1. The molecule has 3 aromatic rings. The van der Waals surface area contributed by atoms with E-state index in [9.17, 15) is 19.2 Å². The van der Waals surface area contributed by atoms with E-state index in [2.05, 4.69) is 0 Å². The van der Waals surface area contributed by atoms with Gasteiger partial charge in [-0.25, -0.2) is 4.79 Å². The summed E-state index contributed by atoms with van der Waals surface area (Å²) in [5, 5.41) is 1.77. The molecule has 0 unspecified atom stereocenters. The number of nitrogens with zero attached hydrogens (tertiary/aromatic N) is 1. The monoisotopic (exact) mass is 509 g/mol. The zero-order chi connectivity index (χ0) is 25.7. The Bertz CT molecular complexity index is 1270. The molecule has 0 N–H and O–H groups in total. The molecule has 0 bridgehead atoms. The molecule has 4 rings (SSSR count). The van der Waals surface area contributed by atoms with Crippen LogP contribution in [-0.2, 0) is 14.3 Å². The standard InChI is InChI=1S/C26H23NO8S/c1-32-19-9-10-22(33-2)20(13-19)27-14-17(12-24(27)29)25(30)34-15-21(28)16-5-7-18(8-6-16)35-26(31)23-4-3-11-36-23/h3-11,13,17H,12,14-15H2,1-2H3/t17-/m0/s1. The highest BCUT2D eigenvalue weighted by molar-refractivity contribution is 7.12. The lowest BCUT2D eigenvalue weighted by atomic mass is 10.1. The maximum absolute atomic E-state index is 12.6. The largest absolute Gasteiger partial charge is 0.497 e. The van der Waals surface area contributed by atoms with Crippen molar-refractivity contribution < 1.29 is 38.1 Å². The van der Waals surface area contributed by atoms with E-state index in [4.69, 9.17) is 18.9 Å². The van der Waals surface area contributed by atoms with Crippen LogP contribution in [0.4, 0.5) is 5.69 Å². The number of methoxy groups -OCH3 is 2. The molecule has 1 saturated heterocycles. The number of carbonyl (C=O) groups is 4. The van der Waals surface area contributed by atoms with Crippen molar-refractivity contribution in [2.45, 2.75) is 6.42 Å². The second-order valence-corrected chi connectivity index (χ2v) is 8.81. The Morgan fingerprint density at radius 3 is 2.42 bits per heavy atom. The average molecular weight is 510 g/mol. The van der Waals surface area contributed by atoms with Gasteiger partial charge in [0.1, 0.15) is 22.1 Å². The minimum Gasteiger partial charge on any atom is -0.497 e. The summed E-state index contributed by atoms with van der Waals surface area (Å²) in [7, 11) is 3.00. The van der Waals surface area contributed by atoms with Gasteiger partial charge in [0, 0.05) is 24.6 Å². The quantitative estimate of drug-likeness (QED) is 0.244. The summed E-state index contributed by atoms with van der Waals surface area (Å²) < 4.78 is 21.0. The first-order valence-corrected chi connectivity index (χ1v) is 11.9. The summed E-state index contributed by atoms with van der Waals surface area (Å²) in [6.07, 6.45) is -0.0440. The second kappa shape index (κ2) is 11.0. The molecule has 10 heteroatoms. The molecule has 0 spiro atoms. The van der Waals surface area contributed by atoms with E-state index in [1.807, 2.05) is 0 Å². The predicted molar refractivity (Wildman–Crippen MR) is 131 cm³/mol. The molecule has 1 aliphatic heterocycles. The predicted octanol–water partition coefficient (Wildman–Crippen LogP) is 3.76. The van der Waals surface area contributed by atoms with Gasteiger partial charge in [0.05, 0.1) is 25.8 Å². The fourth-order valence-corrected chi connectivity index (χ4v) is 4.30. The smallest absolute Gasteiger partial charge is 0.353 e. The average Bonchev–Trinajstić information content (AvgIpc) is 3.57. The topological polar surface area (TPSA) is 108 Å². The van der Waals surface area contributed by atoms with E-state index in [-0.39, 0.29) is 18.9 Å². The second-order valence-electron chi connectivity index (χ2n) is 7.87. The highest BCUT2D eigenvalue weighted by Crippen LogP contribution is 2.36. The number of hydrogen-bond acceptors (Lipinski definition) is 9. The Hall–Kier alpha value is -4.18. The molecule has 1 aromatic heterocycles. The minimum absolute atomic E-state index is 0.0440. The molecule has 186 valence electrons. The number of ketones is 1. The summed E-state index contributed by atoms with van der Waals surface area (Å²) >= 11 is 1.27. The van der Waals surface area contributed by atoms with Crippen LogP contribution in [-0.4, -0.2) is 51.0 Å². The van der Waals surface area contributed by atoms with Crippen molar-refractivity contribution in [3.05, 3.63) is 70.4 Å². The van der Waals surface area contributed by atoms with Crippen LogP contribution in [0.2, 0.25) is 0 Å². The zero-order valence-corrected chi connectivity index (χ0v) is 20.4. The van der Waals surface area contributed by atoms with Crippen molar-refractivity contribution in [3.8, 4) is 17.2 Å². The fourth-order valence-electron chi connectivity index (χ4n) is 3.70. The molecule has 1 atom stereocenters. The lowest BCUT2D eigenvalue weighted by Crippen LogP contribution is -2.27. The van der Waals surface area contributed by atoms with E-state index in [1.54, 1.807) is 35.7 Å². The lowest BCUT2D eigenvalue weighted by molar-refractivity contribution is -0.147. The highest BCUT2D eigenvalue weighted by Gasteiger charge is 2.37. The van der Waals surface area contributed by atoms with E-state index in [0.717, 1.165) is 0 Å². The first-order chi connectivity index (χ1) is 17.4. The van der Waals surface area contributed by atoms with Crippen molar-refractivity contribution in [2.24, 2.45) is 5.92 Å². The first-order valence-electron chi connectivity index (χ1n) is 11.0. The van der Waals surface area contributed by atoms with Gasteiger partial charge in [-0.3, -0.25) is 14.4 Å². The lowest BCUT2D eigenvalue weighted by Gasteiger charge is -2.20. The van der Waals surface area contributed by atoms with Gasteiger partial charge in [-0.15, -0.1) is 11.3 Å². The Kier molecular flexibility index (Phi) is 7.65. The molecule has 0 radical (unpaired) electrons. The van der Waals surface area contributed by atoms with Crippen molar-refractivity contribution in [3.63, 3.8) is 0 Å². The van der Waals surface area contributed by atoms with Gasteiger partial charge >= 0.3 is 11.9 Å². The number of benzene rings is 2. The number of ether oxygens (including phenoxy) is 4. The number of anilines is 1. The van der Waals surface area contributed by atoms with Crippen LogP contribution < -0.4 is 19.1 Å². The van der Waals surface area contributed by atoms with Gasteiger partial charge in [0.15, 0.2) is 12.4 Å². The van der Waals surface area contributed by atoms with Gasteiger partial charge in [0.25, 0.3) is 0 Å². The summed E-state index contributed by atoms with van der Waals surface area (Å²) in [5.74, 6) is -1.22. The molecular formula is C26H23NO8S. The summed E-state index contributed by atoms with van der Waals surface area (Å²) in [4.78, 5) is 51.7. The third kappa shape index (κ3) is 5.55. The highest BCUT2D eigenvalue weighted by atomic mass is 32.1. The Labute approximate surface area is 211 Å². The molecule has 1 amide bonds. The van der Waals surface area contributed by atoms with Crippen molar-refractivity contribution in [1.29, 1.82) is 0 Å². The van der Waals surface area contributed by atoms with Crippen molar-refractivity contribution in [2.75, 3.05) is 32.3 Å². The van der Waals surface area contributed by atoms with Crippen LogP contribution in [0.5, 0.6) is 17.2 Å². The summed E-state index contributed by atoms with van der Waals surface area (Å²) in [5.41, 5.74) is 0.789. The SMILES string of the molecule is COc1ccc(OC)c(N2C[C@@H](C(=O)OCC(=O)c3ccc(OC(=O)c4cccs4)cc3)CC2=O)c1. The Morgan fingerprint density at radius 2 is 1.75 bits per heavy atom. The molecule has 36 heavy (non-hydrogen) atoms. The van der Waals surface area contributed by atoms with Crippen LogP contribution in [0.25, 0.3) is 0 Å². The van der Waals surface area contributed by atoms with Crippen LogP contribution in [0.1, 0.15) is 26.5 Å². The number of carbonyl (C=O) groups excluding carboxylic acids is 4. The van der Waals surface area contributed by atoms with Crippen LogP contribution in [0.3, 0.4) is 0 Å². The summed E-state index contributed by atoms with van der Waals surface area (Å²) in [6, 6.07) is 14.4. The summed E-state index contributed by atoms with van der Waals surface area (Å²) in [6.45, 7) is -0.375. The number of Topliss-reactive ketones (excluding diaryl/α,β-unsaturated/α-hetero) is 1. The number of thiophene rings is 1. The van der Waals surface area contributed by atoms with Gasteiger partial charge in [-0.1, -0.05) is 6.07 Å². The molecule has 0 saturated carbocycles. The van der Waals surface area contributed by atoms with Crippen molar-refractivity contribution in [1.82, 2.24) is 0 Å². The van der Waals surface area contributed by atoms with Gasteiger partial charge < -0.3 is 23.8 Å². The van der Waals surface area contributed by atoms with E-state index >= 15 is 0 Å². The van der Waals surface area contributed by atoms with Gasteiger partial charge in [-0.2, -0.15) is 0 Å². The molecule has 1 fully saturated rings. The Balaban J connectivity index is 1.32. The van der Waals surface area contributed by atoms with E-state index < -0.39 is 30.2 Å². The van der Waals surface area contributed by atoms with Crippen LogP contribution >= 0.6 is 11.3 Å². The normalized spacial score (nSPS) is 14.9. The van der Waals surface area contributed by atoms with Crippen molar-refractivity contribution >= 4 is 40.7 Å². The zero-order valence-electron chi connectivity index (χ0n) is 19.6. The molecular weight excluding hydrogens is 486 g/mol. The Morgan fingerprint density at radius 1 is 1.00 bits per heavy atom. The molecule has 0 aliphatic carbocycles. The first kappa shape index (κ1) is 24.9. The van der Waals surface area contributed by atoms with Gasteiger partial charge in [-0.05, 0) is 47.8 Å². The molecule has 1 aliphatic rings. The molecule has 2 heterocycles. The number of rotatable bonds is 9. The number of hydrogen-bond donors (Lipinski definition) is 0. The third-order valence-corrected chi connectivity index (χ3v) is 6.44. The number of esters is 2. The molecule has 9 nitrogen and oxygen atoms in total. The minimum atomic E-state index is -0.722. The molecule has 2 aromatic carbocycles. The van der Waals surface area contributed by atoms with Crippen LogP contribution in [0, 0.1) is 5.92 Å². The maximum Gasteiger partial charge on any atom is 0.353 e. The maximum atomic E-state index is 12.6. The fraction of sp³-hybridized carbons (Fsp3) is 0.231. The van der Waals surface area contributed by atoms with E-state index in [1.165, 1.54) is 54.7 Å². The van der Waals surface area contributed by atoms with Crippen LogP contribution in [0.15, 0.2) is 60.0 Å².